The average molecular weight is 1210 g/mol. The number of carbonyl (C=O) groups is 8. The molecule has 4 atom stereocenters. The summed E-state index contributed by atoms with van der Waals surface area (Å²) in [6, 6.07) is 34.5. The van der Waals surface area contributed by atoms with Gasteiger partial charge in [-0.1, -0.05) is 59.6 Å². The third kappa shape index (κ3) is 15.2. The summed E-state index contributed by atoms with van der Waals surface area (Å²) in [6.45, 7) is 17.6. The smallest absolute Gasteiger partial charge is 0.314 e. The molecule has 0 radical (unpaired) electrons. The van der Waals surface area contributed by atoms with Crippen molar-refractivity contribution in [1.29, 1.82) is 0 Å². The Morgan fingerprint density at radius 3 is 1.20 bits per heavy atom. The van der Waals surface area contributed by atoms with Crippen LogP contribution in [-0.4, -0.2) is 73.2 Å². The van der Waals surface area contributed by atoms with Crippen molar-refractivity contribution < 1.29 is 57.3 Å². The van der Waals surface area contributed by atoms with Crippen LogP contribution in [0.25, 0.3) is 0 Å². The van der Waals surface area contributed by atoms with Crippen molar-refractivity contribution in [2.75, 3.05) is 33.5 Å². The van der Waals surface area contributed by atoms with Crippen molar-refractivity contribution in [2.24, 2.45) is 10.8 Å². The highest BCUT2D eigenvalue weighted by atomic mass is 35.5. The summed E-state index contributed by atoms with van der Waals surface area (Å²) in [6.07, 6.45) is -2.89. The van der Waals surface area contributed by atoms with Gasteiger partial charge >= 0.3 is 23.9 Å². The number of rotatable bonds is 15. The Morgan fingerprint density at radius 2 is 0.849 bits per heavy atom. The summed E-state index contributed by atoms with van der Waals surface area (Å²) in [5.41, 5.74) is 5.44. The van der Waals surface area contributed by atoms with Gasteiger partial charge in [-0.15, -0.1) is 0 Å². The van der Waals surface area contributed by atoms with Crippen molar-refractivity contribution in [2.45, 2.75) is 132 Å². The van der Waals surface area contributed by atoms with Gasteiger partial charge in [0.05, 0.1) is 35.5 Å². The van der Waals surface area contributed by atoms with Crippen molar-refractivity contribution >= 4 is 93.5 Å². The molecule has 0 aliphatic carbocycles. The van der Waals surface area contributed by atoms with E-state index in [1.54, 1.807) is 162 Å². The van der Waals surface area contributed by atoms with E-state index in [-0.39, 0.29) is 49.6 Å². The highest BCUT2D eigenvalue weighted by Gasteiger charge is 2.41. The minimum atomic E-state index is -1.54. The number of carbonyl (C=O) groups excluding carboxylic acids is 8. The number of amides is 4. The first-order chi connectivity index (χ1) is 40.7. The Balaban J connectivity index is 1.000. The number of aryl methyl sites for hydroxylation is 4. The molecule has 0 bridgehead atoms. The van der Waals surface area contributed by atoms with Gasteiger partial charge in [0.15, 0.2) is 0 Å². The molecule has 2 heterocycles. The zero-order valence-corrected chi connectivity index (χ0v) is 51.6. The van der Waals surface area contributed by atoms with E-state index in [9.17, 15) is 38.4 Å². The fourth-order valence-corrected chi connectivity index (χ4v) is 10.8. The fraction of sp³-hybridized carbons (Fsp3) is 0.353. The minimum Gasteiger partial charge on any atom is -0.424 e. The number of esters is 4. The van der Waals surface area contributed by atoms with E-state index >= 15 is 0 Å². The molecule has 86 heavy (non-hydrogen) atoms. The molecular weight excluding hydrogens is 1140 g/mol. The van der Waals surface area contributed by atoms with E-state index in [0.717, 1.165) is 11.1 Å². The number of ether oxygens (including phenoxy) is 4. The van der Waals surface area contributed by atoms with Crippen LogP contribution in [0.5, 0.6) is 0 Å². The molecule has 2 N–H and O–H groups in total. The number of anilines is 4. The van der Waals surface area contributed by atoms with Crippen molar-refractivity contribution in [3.63, 3.8) is 0 Å². The van der Waals surface area contributed by atoms with Gasteiger partial charge in [0.1, 0.15) is 0 Å². The molecule has 4 amide bonds. The maximum absolute atomic E-state index is 14.6. The lowest BCUT2D eigenvalue weighted by Crippen LogP contribution is -2.36. The number of hydrogen-bond donors (Lipinski definition) is 2. The number of halogens is 2. The molecule has 0 spiro atoms. The molecule has 0 fully saturated rings. The first-order valence-electron chi connectivity index (χ1n) is 28.7. The lowest BCUT2D eigenvalue weighted by Gasteiger charge is -2.31. The summed E-state index contributed by atoms with van der Waals surface area (Å²) in [4.78, 5) is 114. The van der Waals surface area contributed by atoms with Gasteiger partial charge in [-0.3, -0.25) is 38.4 Å². The quantitative estimate of drug-likeness (QED) is 0.0728. The van der Waals surface area contributed by atoms with Crippen LogP contribution in [-0.2, 0) is 38.1 Å². The van der Waals surface area contributed by atoms with Gasteiger partial charge in [0, 0.05) is 68.1 Å². The van der Waals surface area contributed by atoms with Crippen LogP contribution in [0.3, 0.4) is 0 Å². The Hall–Kier alpha value is -8.34. The van der Waals surface area contributed by atoms with Gasteiger partial charge in [0.2, 0.25) is 0 Å². The number of nitrogens with one attached hydrogen (secondary N) is 2. The minimum absolute atomic E-state index is 0.229. The maximum atomic E-state index is 14.6. The van der Waals surface area contributed by atoms with Crippen LogP contribution >= 0.6 is 23.2 Å². The van der Waals surface area contributed by atoms with Crippen LogP contribution in [0.4, 0.5) is 22.7 Å². The molecule has 0 saturated carbocycles. The SMILES string of the molecule is Cc1ccccc1C(=O)Nc1ccc(C(=O)N2CCCC(C(OC(=O)CCC(=O)OC(OC(=O)C(C)(C)C)C3CCCN(C(=O)c4ccc(NC(=O)c5ccccc5C)cc4C)c4ccc(Cl)cc43)OC(=O)C(C)(C)C)c3cc(Cl)ccc32)c(C)c1. The van der Waals surface area contributed by atoms with E-state index < -0.39 is 72.0 Å². The monoisotopic (exact) mass is 1210 g/mol. The van der Waals surface area contributed by atoms with Crippen LogP contribution in [0.15, 0.2) is 121 Å². The molecular formula is C68H72Cl2N4O12. The highest BCUT2D eigenvalue weighted by Crippen LogP contribution is 2.43. The summed E-state index contributed by atoms with van der Waals surface area (Å²) >= 11 is 13.3. The molecule has 2 aliphatic heterocycles. The van der Waals surface area contributed by atoms with Gasteiger partial charge in [-0.25, -0.2) is 0 Å². The van der Waals surface area contributed by atoms with Gasteiger partial charge in [-0.05, 0) is 213 Å². The standard InChI is InChI=1S/C68H72Cl2N4O12/c1-39-17-11-13-19-47(39)59(77)71-45-25-27-49(41(3)35-45)61(79)73-33-15-21-51(53-37-43(69)23-29-55(53)73)63(85-65(81)67(5,6)7)83-57(75)31-32-58(76)84-64(86-66(82)68(8,9)10)52-22-16-34-74(56-30-24-44(70)38-54(52)56)62(80)50-28-26-46(36-42(50)4)72-60(78)48-20-14-12-18-40(48)2/h11-14,17-20,23-30,35-38,51-52,63-64H,15-16,21-22,31-34H2,1-10H3,(H,71,77)(H,72,78). The van der Waals surface area contributed by atoms with Gasteiger partial charge in [-0.2, -0.15) is 0 Å². The molecule has 8 rings (SSSR count). The summed E-state index contributed by atoms with van der Waals surface area (Å²) in [7, 11) is 0. The third-order valence-electron chi connectivity index (χ3n) is 15.2. The molecule has 450 valence electrons. The summed E-state index contributed by atoms with van der Waals surface area (Å²) in [5.74, 6) is -6.11. The summed E-state index contributed by atoms with van der Waals surface area (Å²) < 4.78 is 24.2. The average Bonchev–Trinajstić information content (AvgIpc) is 1.90. The predicted molar refractivity (Wildman–Crippen MR) is 331 cm³/mol. The maximum Gasteiger partial charge on any atom is 0.314 e. The lowest BCUT2D eigenvalue weighted by atomic mass is 9.92. The van der Waals surface area contributed by atoms with E-state index in [1.165, 1.54) is 0 Å². The zero-order chi connectivity index (χ0) is 62.4. The van der Waals surface area contributed by atoms with E-state index in [2.05, 4.69) is 10.6 Å². The largest absolute Gasteiger partial charge is 0.424 e. The highest BCUT2D eigenvalue weighted by molar-refractivity contribution is 6.31. The molecule has 2 aliphatic rings. The lowest BCUT2D eigenvalue weighted by molar-refractivity contribution is -0.203. The number of hydrogen-bond acceptors (Lipinski definition) is 12. The molecule has 4 unspecified atom stereocenters. The van der Waals surface area contributed by atoms with Gasteiger partial charge < -0.3 is 39.4 Å². The Labute approximate surface area is 511 Å². The topological polar surface area (TPSA) is 204 Å². The normalized spacial score (nSPS) is 15.7. The first-order valence-corrected chi connectivity index (χ1v) is 29.4. The second-order valence-corrected chi connectivity index (χ2v) is 24.8. The Morgan fingerprint density at radius 1 is 0.477 bits per heavy atom. The second kappa shape index (κ2) is 26.9. The van der Waals surface area contributed by atoms with Crippen LogP contribution in [0.2, 0.25) is 10.0 Å². The van der Waals surface area contributed by atoms with Crippen LogP contribution in [0.1, 0.15) is 167 Å². The van der Waals surface area contributed by atoms with Crippen LogP contribution in [0, 0.1) is 38.5 Å². The Kier molecular flexibility index (Phi) is 19.9. The number of fused-ring (bicyclic) bond motifs is 2. The zero-order valence-electron chi connectivity index (χ0n) is 50.1. The number of nitrogens with zero attached hydrogens (tertiary/aromatic N) is 2. The molecule has 18 heteroatoms. The van der Waals surface area contributed by atoms with Gasteiger partial charge in [0.25, 0.3) is 36.2 Å². The van der Waals surface area contributed by atoms with E-state index in [1.807, 2.05) is 38.1 Å². The number of benzene rings is 6. The first kappa shape index (κ1) is 63.7. The second-order valence-electron chi connectivity index (χ2n) is 23.9. The molecule has 6 aromatic carbocycles. The molecule has 16 nitrogen and oxygen atoms in total. The van der Waals surface area contributed by atoms with Crippen molar-refractivity contribution in [3.8, 4) is 0 Å². The predicted octanol–water partition coefficient (Wildman–Crippen LogP) is 14.2. The van der Waals surface area contributed by atoms with Crippen molar-refractivity contribution in [1.82, 2.24) is 0 Å². The van der Waals surface area contributed by atoms with Crippen molar-refractivity contribution in [3.05, 3.63) is 187 Å². The van der Waals surface area contributed by atoms with E-state index in [4.69, 9.17) is 42.1 Å². The fourth-order valence-electron chi connectivity index (χ4n) is 10.4. The molecule has 6 aromatic rings. The van der Waals surface area contributed by atoms with Crippen LogP contribution < -0.4 is 20.4 Å². The molecule has 0 aromatic heterocycles. The molecule has 0 saturated heterocycles. The summed E-state index contributed by atoms with van der Waals surface area (Å²) in [5, 5.41) is 6.47. The third-order valence-corrected chi connectivity index (χ3v) is 15.7. The van der Waals surface area contributed by atoms with E-state index in [0.29, 0.717) is 90.1 Å². The Bertz CT molecular complexity index is 3390.